The van der Waals surface area contributed by atoms with Crippen molar-refractivity contribution in [3.8, 4) is 44.5 Å². The Hall–Kier alpha value is -6.44. The molecule has 342 valence electrons. The number of rotatable bonds is 6. The number of para-hydroxylation sites is 1. The van der Waals surface area contributed by atoms with Crippen LogP contribution < -0.4 is 4.90 Å². The Morgan fingerprint density at radius 3 is 1.48 bits per heavy atom. The smallest absolute Gasteiger partial charge is 0.0726 e. The van der Waals surface area contributed by atoms with Gasteiger partial charge < -0.3 is 4.90 Å². The minimum absolute atomic E-state index is 0.142. The molecule has 5 aliphatic rings. The Labute approximate surface area is 411 Å². The number of benzene rings is 8. The zero-order chi connectivity index (χ0) is 46.9. The Morgan fingerprint density at radius 2 is 0.841 bits per heavy atom. The number of nitrogens with zero attached hydrogens (tertiary/aromatic N) is 1. The summed E-state index contributed by atoms with van der Waals surface area (Å²) >= 11 is 0. The third-order valence-electron chi connectivity index (χ3n) is 18.1. The second-order valence-electron chi connectivity index (χ2n) is 23.6. The highest BCUT2D eigenvalue weighted by Gasteiger charge is 2.53. The molecule has 0 saturated heterocycles. The van der Waals surface area contributed by atoms with Gasteiger partial charge in [-0.1, -0.05) is 193 Å². The molecule has 0 bridgehead atoms. The van der Waals surface area contributed by atoms with Crippen LogP contribution in [-0.4, -0.2) is 0 Å². The number of fused-ring (bicyclic) bond motifs is 13. The fourth-order valence-corrected chi connectivity index (χ4v) is 14.2. The zero-order valence-corrected chi connectivity index (χ0v) is 41.5. The molecule has 0 aromatic heterocycles. The second kappa shape index (κ2) is 15.5. The third kappa shape index (κ3) is 6.48. The summed E-state index contributed by atoms with van der Waals surface area (Å²) in [6, 6.07) is 68.7. The van der Waals surface area contributed by atoms with Gasteiger partial charge in [-0.2, -0.15) is 0 Å². The number of hydrogen-bond acceptors (Lipinski definition) is 1. The van der Waals surface area contributed by atoms with Crippen LogP contribution in [0.2, 0.25) is 0 Å². The first-order valence-corrected chi connectivity index (χ1v) is 26.1. The molecule has 1 heteroatoms. The summed E-state index contributed by atoms with van der Waals surface area (Å²) in [7, 11) is 0. The molecular weight excluding hydrogens is 831 g/mol. The van der Waals surface area contributed by atoms with Crippen molar-refractivity contribution in [3.63, 3.8) is 0 Å². The first kappa shape index (κ1) is 42.6. The molecule has 0 amide bonds. The highest BCUT2D eigenvalue weighted by Crippen LogP contribution is 2.66. The first-order chi connectivity index (χ1) is 33.4. The Kier molecular flexibility index (Phi) is 9.60. The predicted octanol–water partition coefficient (Wildman–Crippen LogP) is 18.8. The summed E-state index contributed by atoms with van der Waals surface area (Å²) in [5.74, 6) is 1.15. The molecule has 8 aromatic rings. The van der Waals surface area contributed by atoms with Crippen molar-refractivity contribution in [1.82, 2.24) is 0 Å². The third-order valence-corrected chi connectivity index (χ3v) is 18.1. The van der Waals surface area contributed by atoms with Gasteiger partial charge in [-0.25, -0.2) is 0 Å². The Bertz CT molecular complexity index is 3250. The minimum Gasteiger partial charge on any atom is -0.309 e. The molecule has 0 radical (unpaired) electrons. The van der Waals surface area contributed by atoms with Crippen LogP contribution in [0.25, 0.3) is 44.5 Å². The molecule has 1 spiro atoms. The second-order valence-corrected chi connectivity index (χ2v) is 23.6. The number of hydrogen-bond donors (Lipinski definition) is 0. The van der Waals surface area contributed by atoms with E-state index in [1.807, 2.05) is 0 Å². The van der Waals surface area contributed by atoms with Crippen molar-refractivity contribution >= 4 is 17.1 Å². The molecule has 5 aliphatic carbocycles. The van der Waals surface area contributed by atoms with Gasteiger partial charge in [0.25, 0.3) is 0 Å². The summed E-state index contributed by atoms with van der Waals surface area (Å²) < 4.78 is 0. The van der Waals surface area contributed by atoms with Gasteiger partial charge in [-0.15, -0.1) is 0 Å². The maximum atomic E-state index is 2.70. The first-order valence-electron chi connectivity index (χ1n) is 26.1. The summed E-state index contributed by atoms with van der Waals surface area (Å²) in [6.45, 7) is 14.7. The van der Waals surface area contributed by atoms with Crippen molar-refractivity contribution in [2.24, 2.45) is 10.8 Å². The van der Waals surface area contributed by atoms with E-state index >= 15 is 0 Å². The van der Waals surface area contributed by atoms with Crippen molar-refractivity contribution in [1.29, 1.82) is 0 Å². The molecule has 8 aromatic carbocycles. The van der Waals surface area contributed by atoms with Crippen molar-refractivity contribution < 1.29 is 0 Å². The van der Waals surface area contributed by atoms with E-state index in [1.54, 1.807) is 0 Å². The molecule has 1 nitrogen and oxygen atoms in total. The summed E-state index contributed by atoms with van der Waals surface area (Å²) in [5.41, 5.74) is 26.0. The molecular formula is C68H65N. The SMILES string of the molecule is CC1(C)CCC(c2ccc3c(c2)C2(c4cc(C5CCC(C)(C)CC5)ccc4-3)c3ccccc3-c3c(N(c4ccc5c(c4)C(C)(C)c4ccccc4-5)c4ccccc4-c4ccccc4)cccc32)CC1. The fraction of sp³-hybridized carbons (Fsp3) is 0.294. The molecule has 0 heterocycles. The normalized spacial score (nSPS) is 18.8. The molecule has 0 unspecified atom stereocenters. The summed E-state index contributed by atoms with van der Waals surface area (Å²) in [5, 5.41) is 0. The largest absolute Gasteiger partial charge is 0.309 e. The van der Waals surface area contributed by atoms with Crippen LogP contribution in [-0.2, 0) is 10.8 Å². The highest BCUT2D eigenvalue weighted by molar-refractivity contribution is 6.03. The van der Waals surface area contributed by atoms with E-state index in [0.29, 0.717) is 22.7 Å². The predicted molar refractivity (Wildman–Crippen MR) is 290 cm³/mol. The quantitative estimate of drug-likeness (QED) is 0.161. The van der Waals surface area contributed by atoms with Gasteiger partial charge in [0.1, 0.15) is 0 Å². The molecule has 2 saturated carbocycles. The minimum atomic E-state index is -0.466. The lowest BCUT2D eigenvalue weighted by atomic mass is 9.67. The molecule has 0 atom stereocenters. The van der Waals surface area contributed by atoms with Crippen molar-refractivity contribution in [2.45, 2.75) is 116 Å². The van der Waals surface area contributed by atoms with Crippen molar-refractivity contribution in [3.05, 3.63) is 220 Å². The lowest BCUT2D eigenvalue weighted by molar-refractivity contribution is 0.224. The summed E-state index contributed by atoms with van der Waals surface area (Å²) in [6.07, 6.45) is 10.1. The van der Waals surface area contributed by atoms with Gasteiger partial charge in [0.2, 0.25) is 0 Å². The van der Waals surface area contributed by atoms with Gasteiger partial charge in [0, 0.05) is 22.2 Å². The van der Waals surface area contributed by atoms with E-state index in [4.69, 9.17) is 0 Å². The van der Waals surface area contributed by atoms with Crippen LogP contribution in [0.5, 0.6) is 0 Å². The van der Waals surface area contributed by atoms with Crippen LogP contribution in [0.1, 0.15) is 149 Å². The van der Waals surface area contributed by atoms with Crippen LogP contribution in [0.15, 0.2) is 176 Å². The maximum Gasteiger partial charge on any atom is 0.0726 e. The van der Waals surface area contributed by atoms with E-state index in [0.717, 1.165) is 0 Å². The lowest BCUT2D eigenvalue weighted by Crippen LogP contribution is -2.27. The Balaban J connectivity index is 1.07. The van der Waals surface area contributed by atoms with Gasteiger partial charge in [-0.3, -0.25) is 0 Å². The molecule has 2 fully saturated rings. The highest BCUT2D eigenvalue weighted by atomic mass is 15.1. The zero-order valence-electron chi connectivity index (χ0n) is 41.5. The monoisotopic (exact) mass is 896 g/mol. The fourth-order valence-electron chi connectivity index (χ4n) is 14.2. The van der Waals surface area contributed by atoms with Crippen LogP contribution in [0, 0.1) is 10.8 Å². The van der Waals surface area contributed by atoms with E-state index in [1.165, 1.54) is 157 Å². The van der Waals surface area contributed by atoms with Gasteiger partial charge in [0.05, 0.1) is 16.8 Å². The van der Waals surface area contributed by atoms with Crippen LogP contribution in [0.3, 0.4) is 0 Å². The molecule has 0 N–H and O–H groups in total. The van der Waals surface area contributed by atoms with Gasteiger partial charge in [-0.05, 0) is 176 Å². The maximum absolute atomic E-state index is 2.70. The van der Waals surface area contributed by atoms with E-state index in [-0.39, 0.29) is 5.41 Å². The van der Waals surface area contributed by atoms with Crippen LogP contribution in [0.4, 0.5) is 17.1 Å². The van der Waals surface area contributed by atoms with E-state index in [2.05, 4.69) is 222 Å². The van der Waals surface area contributed by atoms with Crippen molar-refractivity contribution in [2.75, 3.05) is 4.90 Å². The molecule has 0 aliphatic heterocycles. The van der Waals surface area contributed by atoms with Gasteiger partial charge in [0.15, 0.2) is 0 Å². The standard InChI is InChI=1S/C68H65N/c1-65(2)37-33-44(34-38-65)47-27-30-53-54-31-28-48(45-35-39-66(3,4)40-36-45)42-61(54)68(60(53)41-47)57-23-14-11-21-55(57)64-58(68)24-16-26-63(64)69(62-25-15-12-19-50(62)46-17-8-7-9-18-46)49-29-32-52-51-20-10-13-22-56(51)67(5,6)59(52)43-49/h7-32,41-45H,33-40H2,1-6H3. The van der Waals surface area contributed by atoms with Crippen LogP contribution >= 0.6 is 0 Å². The van der Waals surface area contributed by atoms with Gasteiger partial charge >= 0.3 is 0 Å². The lowest BCUT2D eigenvalue weighted by Gasteiger charge is -2.36. The van der Waals surface area contributed by atoms with E-state index < -0.39 is 5.41 Å². The number of anilines is 3. The molecule has 69 heavy (non-hydrogen) atoms. The van der Waals surface area contributed by atoms with E-state index in [9.17, 15) is 0 Å². The molecule has 13 rings (SSSR count). The average Bonchev–Trinajstić information content (AvgIpc) is 3.92. The Morgan fingerprint density at radius 1 is 0.362 bits per heavy atom. The summed E-state index contributed by atoms with van der Waals surface area (Å²) in [4.78, 5) is 2.62. The topological polar surface area (TPSA) is 3.24 Å². The average molecular weight is 896 g/mol.